The SMILES string of the molecule is CC(NC(=O)c1nnc(Cl)s1)c1cccc(O)c1. The number of amides is 1. The lowest BCUT2D eigenvalue weighted by atomic mass is 10.1. The van der Waals surface area contributed by atoms with Crippen LogP contribution in [0.2, 0.25) is 4.47 Å². The Bertz CT molecular complexity index is 573. The quantitative estimate of drug-likeness (QED) is 0.907. The Morgan fingerprint density at radius 3 is 2.89 bits per heavy atom. The van der Waals surface area contributed by atoms with Crippen molar-refractivity contribution in [3.8, 4) is 5.75 Å². The predicted octanol–water partition coefficient (Wildman–Crippen LogP) is 2.39. The third kappa shape index (κ3) is 2.96. The number of rotatable bonds is 3. The maximum Gasteiger partial charge on any atom is 0.282 e. The summed E-state index contributed by atoms with van der Waals surface area (Å²) in [5.74, 6) is -0.178. The van der Waals surface area contributed by atoms with Gasteiger partial charge in [0.05, 0.1) is 6.04 Å². The molecule has 1 aromatic carbocycles. The number of halogens is 1. The zero-order valence-electron chi connectivity index (χ0n) is 9.42. The minimum absolute atomic E-state index is 0.160. The van der Waals surface area contributed by atoms with Crippen LogP contribution in [0.4, 0.5) is 0 Å². The Hall–Kier alpha value is -1.66. The smallest absolute Gasteiger partial charge is 0.282 e. The first-order valence-corrected chi connectivity index (χ1v) is 6.34. The van der Waals surface area contributed by atoms with E-state index in [1.165, 1.54) is 0 Å². The summed E-state index contributed by atoms with van der Waals surface area (Å²) in [5.41, 5.74) is 0.805. The highest BCUT2D eigenvalue weighted by Crippen LogP contribution is 2.19. The predicted molar refractivity (Wildman–Crippen MR) is 68.9 cm³/mol. The summed E-state index contributed by atoms with van der Waals surface area (Å²) in [6.45, 7) is 1.81. The van der Waals surface area contributed by atoms with Gasteiger partial charge in [-0.15, -0.1) is 10.2 Å². The fraction of sp³-hybridized carbons (Fsp3) is 0.182. The van der Waals surface area contributed by atoms with Gasteiger partial charge in [-0.2, -0.15) is 0 Å². The summed E-state index contributed by atoms with van der Waals surface area (Å²) in [6.07, 6.45) is 0. The van der Waals surface area contributed by atoms with E-state index in [0.717, 1.165) is 16.9 Å². The highest BCUT2D eigenvalue weighted by molar-refractivity contribution is 7.17. The minimum Gasteiger partial charge on any atom is -0.508 e. The number of nitrogens with zero attached hydrogens (tertiary/aromatic N) is 2. The van der Waals surface area contributed by atoms with Gasteiger partial charge in [0.1, 0.15) is 5.75 Å². The molecular weight excluding hydrogens is 274 g/mol. The van der Waals surface area contributed by atoms with Crippen molar-refractivity contribution in [2.24, 2.45) is 0 Å². The van der Waals surface area contributed by atoms with Gasteiger partial charge in [0.2, 0.25) is 9.47 Å². The summed E-state index contributed by atoms with van der Waals surface area (Å²) >= 11 is 6.63. The van der Waals surface area contributed by atoms with Gasteiger partial charge in [-0.3, -0.25) is 4.79 Å². The molecule has 2 aromatic rings. The first-order valence-electron chi connectivity index (χ1n) is 5.15. The Morgan fingerprint density at radius 2 is 2.28 bits per heavy atom. The highest BCUT2D eigenvalue weighted by atomic mass is 35.5. The van der Waals surface area contributed by atoms with Crippen molar-refractivity contribution in [1.29, 1.82) is 0 Å². The average Bonchev–Trinajstić information content (AvgIpc) is 2.76. The molecule has 0 fully saturated rings. The topological polar surface area (TPSA) is 75.1 Å². The molecule has 1 aromatic heterocycles. The van der Waals surface area contributed by atoms with Gasteiger partial charge in [-0.05, 0) is 36.2 Å². The molecule has 0 aliphatic heterocycles. The monoisotopic (exact) mass is 283 g/mol. The molecule has 1 atom stereocenters. The van der Waals surface area contributed by atoms with Crippen LogP contribution < -0.4 is 5.32 Å². The summed E-state index contributed by atoms with van der Waals surface area (Å²) in [5, 5.41) is 19.6. The van der Waals surface area contributed by atoms with E-state index in [9.17, 15) is 9.90 Å². The van der Waals surface area contributed by atoms with E-state index < -0.39 is 0 Å². The van der Waals surface area contributed by atoms with Crippen LogP contribution in [0.5, 0.6) is 5.75 Å². The van der Waals surface area contributed by atoms with E-state index in [1.807, 2.05) is 13.0 Å². The average molecular weight is 284 g/mol. The molecule has 7 heteroatoms. The zero-order valence-corrected chi connectivity index (χ0v) is 11.0. The van der Waals surface area contributed by atoms with Crippen LogP contribution in [-0.2, 0) is 0 Å². The van der Waals surface area contributed by atoms with E-state index in [4.69, 9.17) is 11.6 Å². The maximum atomic E-state index is 11.8. The van der Waals surface area contributed by atoms with E-state index >= 15 is 0 Å². The van der Waals surface area contributed by atoms with Crippen LogP contribution in [0.25, 0.3) is 0 Å². The third-order valence-corrected chi connectivity index (χ3v) is 3.33. The van der Waals surface area contributed by atoms with Crippen molar-refractivity contribution in [2.45, 2.75) is 13.0 Å². The van der Waals surface area contributed by atoms with Crippen molar-refractivity contribution in [3.05, 3.63) is 39.3 Å². The van der Waals surface area contributed by atoms with Gasteiger partial charge in [-0.1, -0.05) is 23.5 Å². The lowest BCUT2D eigenvalue weighted by molar-refractivity contribution is 0.0938. The molecule has 1 heterocycles. The second-order valence-electron chi connectivity index (χ2n) is 3.65. The Morgan fingerprint density at radius 1 is 1.50 bits per heavy atom. The lowest BCUT2D eigenvalue weighted by Gasteiger charge is -2.13. The zero-order chi connectivity index (χ0) is 13.1. The molecular formula is C11H10ClN3O2S. The fourth-order valence-electron chi connectivity index (χ4n) is 1.43. The molecule has 0 saturated carbocycles. The Labute approximate surface area is 112 Å². The number of hydrogen-bond acceptors (Lipinski definition) is 5. The van der Waals surface area contributed by atoms with Crippen LogP contribution in [0.15, 0.2) is 24.3 Å². The van der Waals surface area contributed by atoms with Gasteiger partial charge in [0, 0.05) is 0 Å². The lowest BCUT2D eigenvalue weighted by Crippen LogP contribution is -2.26. The first-order chi connectivity index (χ1) is 8.56. The Kier molecular flexibility index (Phi) is 3.78. The van der Waals surface area contributed by atoms with E-state index in [2.05, 4.69) is 15.5 Å². The van der Waals surface area contributed by atoms with E-state index in [1.54, 1.807) is 18.2 Å². The van der Waals surface area contributed by atoms with Crippen LogP contribution >= 0.6 is 22.9 Å². The number of phenolic OH excluding ortho intramolecular Hbond substituents is 1. The summed E-state index contributed by atoms with van der Waals surface area (Å²) in [6, 6.07) is 6.46. The number of nitrogens with one attached hydrogen (secondary N) is 1. The van der Waals surface area contributed by atoms with E-state index in [0.29, 0.717) is 0 Å². The molecule has 0 aliphatic carbocycles. The molecule has 0 aliphatic rings. The fourth-order valence-corrected chi connectivity index (χ4v) is 2.16. The van der Waals surface area contributed by atoms with Gasteiger partial charge >= 0.3 is 0 Å². The molecule has 1 unspecified atom stereocenters. The van der Waals surface area contributed by atoms with Crippen LogP contribution in [-0.4, -0.2) is 21.2 Å². The number of aromatic hydroxyl groups is 1. The molecule has 5 nitrogen and oxygen atoms in total. The molecule has 18 heavy (non-hydrogen) atoms. The Balaban J connectivity index is 2.07. The van der Waals surface area contributed by atoms with E-state index in [-0.39, 0.29) is 27.2 Å². The minimum atomic E-state index is -0.338. The number of benzene rings is 1. The van der Waals surface area contributed by atoms with Gasteiger partial charge < -0.3 is 10.4 Å². The summed E-state index contributed by atoms with van der Waals surface area (Å²) in [4.78, 5) is 11.8. The number of aromatic nitrogens is 2. The number of carbonyl (C=O) groups is 1. The maximum absolute atomic E-state index is 11.8. The van der Waals surface area contributed by atoms with Crippen LogP contribution in [0, 0.1) is 0 Å². The van der Waals surface area contributed by atoms with Gasteiger partial charge in [0.25, 0.3) is 5.91 Å². The third-order valence-electron chi connectivity index (χ3n) is 2.31. The highest BCUT2D eigenvalue weighted by Gasteiger charge is 2.15. The van der Waals surface area contributed by atoms with Crippen molar-refractivity contribution >= 4 is 28.8 Å². The van der Waals surface area contributed by atoms with Crippen molar-refractivity contribution in [3.63, 3.8) is 0 Å². The molecule has 94 valence electrons. The van der Waals surface area contributed by atoms with Gasteiger partial charge in [0.15, 0.2) is 0 Å². The van der Waals surface area contributed by atoms with Crippen molar-refractivity contribution in [1.82, 2.24) is 15.5 Å². The van der Waals surface area contributed by atoms with Crippen molar-refractivity contribution in [2.75, 3.05) is 0 Å². The van der Waals surface area contributed by atoms with Crippen molar-refractivity contribution < 1.29 is 9.90 Å². The summed E-state index contributed by atoms with van der Waals surface area (Å²) < 4.78 is 0.227. The standard InChI is InChI=1S/C11H10ClN3O2S/c1-6(7-3-2-4-8(16)5-7)13-9(17)10-14-15-11(12)18-10/h2-6,16H,1H3,(H,13,17). The van der Waals surface area contributed by atoms with Gasteiger partial charge in [-0.25, -0.2) is 0 Å². The molecule has 0 saturated heterocycles. The second-order valence-corrected chi connectivity index (χ2v) is 5.21. The molecule has 2 rings (SSSR count). The number of phenols is 1. The molecule has 0 spiro atoms. The van der Waals surface area contributed by atoms with Crippen LogP contribution in [0.3, 0.4) is 0 Å². The normalized spacial score (nSPS) is 12.1. The number of carbonyl (C=O) groups excluding carboxylic acids is 1. The largest absolute Gasteiger partial charge is 0.508 e. The summed E-state index contributed by atoms with van der Waals surface area (Å²) in [7, 11) is 0. The second kappa shape index (κ2) is 5.32. The number of hydrogen-bond donors (Lipinski definition) is 2. The molecule has 0 bridgehead atoms. The van der Waals surface area contributed by atoms with Crippen LogP contribution in [0.1, 0.15) is 28.3 Å². The first kappa shape index (κ1) is 12.8. The molecule has 0 radical (unpaired) electrons. The molecule has 2 N–H and O–H groups in total. The molecule has 1 amide bonds.